The van der Waals surface area contributed by atoms with E-state index in [1.165, 1.54) is 0 Å². The van der Waals surface area contributed by atoms with Crippen LogP contribution in [0.2, 0.25) is 0 Å². The van der Waals surface area contributed by atoms with Gasteiger partial charge in [0.25, 0.3) is 0 Å². The molecule has 2 heterocycles. The number of hydrogen-bond acceptors (Lipinski definition) is 4. The lowest BCUT2D eigenvalue weighted by molar-refractivity contribution is -0.134. The number of nitrogens with zero attached hydrogens (tertiary/aromatic N) is 4. The molecule has 0 fully saturated rings. The van der Waals surface area contributed by atoms with Crippen molar-refractivity contribution >= 4 is 5.91 Å². The smallest absolute Gasteiger partial charge is 0.227 e. The molecule has 1 amide bonds. The van der Waals surface area contributed by atoms with E-state index in [0.29, 0.717) is 13.1 Å². The van der Waals surface area contributed by atoms with Crippen molar-refractivity contribution in [1.29, 1.82) is 0 Å². The maximum atomic E-state index is 12.3. The van der Waals surface area contributed by atoms with Crippen molar-refractivity contribution in [3.63, 3.8) is 0 Å². The van der Waals surface area contributed by atoms with Gasteiger partial charge in [0.1, 0.15) is 5.82 Å². The number of rotatable bonds is 6. The molecule has 106 valence electrons. The Morgan fingerprint density at radius 3 is 3.00 bits per heavy atom. The summed E-state index contributed by atoms with van der Waals surface area (Å²) in [4.78, 5) is 14.0. The predicted octanol–water partition coefficient (Wildman–Crippen LogP) is 0.558. The van der Waals surface area contributed by atoms with Crippen LogP contribution in [-0.4, -0.2) is 39.2 Å². The van der Waals surface area contributed by atoms with E-state index < -0.39 is 0 Å². The summed E-state index contributed by atoms with van der Waals surface area (Å²) in [5.41, 5.74) is 5.68. The Labute approximate surface area is 114 Å². The minimum Gasteiger partial charge on any atom is -0.338 e. The first kappa shape index (κ1) is 14.0. The second-order valence-corrected chi connectivity index (χ2v) is 5.20. The summed E-state index contributed by atoms with van der Waals surface area (Å²) in [7, 11) is 1.82. The zero-order valence-corrected chi connectivity index (χ0v) is 11.8. The van der Waals surface area contributed by atoms with E-state index in [1.54, 1.807) is 4.90 Å². The summed E-state index contributed by atoms with van der Waals surface area (Å²) >= 11 is 0. The van der Waals surface area contributed by atoms with Gasteiger partial charge in [0.15, 0.2) is 5.82 Å². The molecule has 6 nitrogen and oxygen atoms in total. The molecule has 0 aromatic carbocycles. The van der Waals surface area contributed by atoms with E-state index in [-0.39, 0.29) is 11.8 Å². The van der Waals surface area contributed by atoms with Crippen LogP contribution in [-0.2, 0) is 24.3 Å². The van der Waals surface area contributed by atoms with Gasteiger partial charge >= 0.3 is 0 Å². The number of nitrogens with two attached hydrogens (primary N) is 1. The van der Waals surface area contributed by atoms with Crippen molar-refractivity contribution in [2.45, 2.75) is 45.7 Å². The number of aromatic nitrogens is 3. The number of fused-ring (bicyclic) bond motifs is 1. The fourth-order valence-electron chi connectivity index (χ4n) is 2.62. The molecule has 19 heavy (non-hydrogen) atoms. The first-order valence-corrected chi connectivity index (χ1v) is 7.03. The Kier molecular flexibility index (Phi) is 4.52. The van der Waals surface area contributed by atoms with Crippen molar-refractivity contribution in [3.8, 4) is 0 Å². The van der Waals surface area contributed by atoms with Crippen LogP contribution in [0, 0.1) is 5.92 Å². The Morgan fingerprint density at radius 1 is 1.53 bits per heavy atom. The predicted molar refractivity (Wildman–Crippen MR) is 72.3 cm³/mol. The SMILES string of the molecule is CCCC(CN)C(=O)N(C)Cc1nnc2n1CCC2. The lowest BCUT2D eigenvalue weighted by Gasteiger charge is -2.22. The number of carbonyl (C=O) groups is 1. The summed E-state index contributed by atoms with van der Waals surface area (Å²) in [5.74, 6) is 1.96. The fourth-order valence-corrected chi connectivity index (χ4v) is 2.62. The van der Waals surface area contributed by atoms with Gasteiger partial charge in [0, 0.05) is 26.6 Å². The van der Waals surface area contributed by atoms with Crippen LogP contribution in [0.25, 0.3) is 0 Å². The highest BCUT2D eigenvalue weighted by molar-refractivity contribution is 5.78. The van der Waals surface area contributed by atoms with Gasteiger partial charge in [0.2, 0.25) is 5.91 Å². The van der Waals surface area contributed by atoms with Crippen molar-refractivity contribution in [2.75, 3.05) is 13.6 Å². The highest BCUT2D eigenvalue weighted by atomic mass is 16.2. The van der Waals surface area contributed by atoms with Gasteiger partial charge < -0.3 is 15.2 Å². The van der Waals surface area contributed by atoms with Crippen LogP contribution in [0.5, 0.6) is 0 Å². The van der Waals surface area contributed by atoms with Crippen LogP contribution in [0.15, 0.2) is 0 Å². The summed E-state index contributed by atoms with van der Waals surface area (Å²) in [6.07, 6.45) is 3.93. The fraction of sp³-hybridized carbons (Fsp3) is 0.769. The third-order valence-electron chi connectivity index (χ3n) is 3.71. The van der Waals surface area contributed by atoms with Gasteiger partial charge in [-0.15, -0.1) is 10.2 Å². The molecule has 2 N–H and O–H groups in total. The van der Waals surface area contributed by atoms with Gasteiger partial charge in [-0.05, 0) is 12.8 Å². The quantitative estimate of drug-likeness (QED) is 0.815. The molecule has 0 saturated heterocycles. The zero-order chi connectivity index (χ0) is 13.8. The van der Waals surface area contributed by atoms with Gasteiger partial charge in [-0.1, -0.05) is 13.3 Å². The average Bonchev–Trinajstić information content (AvgIpc) is 3.00. The first-order chi connectivity index (χ1) is 9.17. The molecule has 0 aliphatic carbocycles. The Bertz CT molecular complexity index is 442. The van der Waals surface area contributed by atoms with Crippen molar-refractivity contribution in [1.82, 2.24) is 19.7 Å². The molecule has 6 heteroatoms. The summed E-state index contributed by atoms with van der Waals surface area (Å²) in [6, 6.07) is 0. The molecule has 2 rings (SSSR count). The maximum absolute atomic E-state index is 12.3. The third-order valence-corrected chi connectivity index (χ3v) is 3.71. The maximum Gasteiger partial charge on any atom is 0.227 e. The topological polar surface area (TPSA) is 77.0 Å². The van der Waals surface area contributed by atoms with Crippen LogP contribution >= 0.6 is 0 Å². The molecule has 0 saturated carbocycles. The van der Waals surface area contributed by atoms with Crippen molar-refractivity contribution in [3.05, 3.63) is 11.6 Å². The molecule has 1 aliphatic rings. The number of carbonyl (C=O) groups excluding carboxylic acids is 1. The van der Waals surface area contributed by atoms with Gasteiger partial charge in [0.05, 0.1) is 12.5 Å². The highest BCUT2D eigenvalue weighted by Gasteiger charge is 2.23. The number of amides is 1. The standard InChI is InChI=1S/C13H23N5O/c1-3-5-10(8-14)13(19)17(2)9-12-16-15-11-6-4-7-18(11)12/h10H,3-9,14H2,1-2H3. The van der Waals surface area contributed by atoms with E-state index in [1.807, 2.05) is 7.05 Å². The summed E-state index contributed by atoms with van der Waals surface area (Å²) < 4.78 is 2.13. The van der Waals surface area contributed by atoms with Crippen molar-refractivity contribution in [2.24, 2.45) is 11.7 Å². The second kappa shape index (κ2) is 6.14. The van der Waals surface area contributed by atoms with Crippen LogP contribution in [0.1, 0.15) is 37.8 Å². The molecule has 1 atom stereocenters. The highest BCUT2D eigenvalue weighted by Crippen LogP contribution is 2.16. The largest absolute Gasteiger partial charge is 0.338 e. The average molecular weight is 265 g/mol. The first-order valence-electron chi connectivity index (χ1n) is 7.03. The summed E-state index contributed by atoms with van der Waals surface area (Å²) in [5, 5.41) is 8.34. The molecule has 1 aromatic heterocycles. The van der Waals surface area contributed by atoms with Gasteiger partial charge in [-0.2, -0.15) is 0 Å². The molecule has 0 bridgehead atoms. The van der Waals surface area contributed by atoms with Crippen LogP contribution in [0.3, 0.4) is 0 Å². The van der Waals surface area contributed by atoms with E-state index in [9.17, 15) is 4.79 Å². The molecule has 1 unspecified atom stereocenters. The zero-order valence-electron chi connectivity index (χ0n) is 11.8. The van der Waals surface area contributed by atoms with Crippen LogP contribution in [0.4, 0.5) is 0 Å². The lowest BCUT2D eigenvalue weighted by Crippen LogP contribution is -2.36. The molecule has 1 aliphatic heterocycles. The van der Waals surface area contributed by atoms with E-state index >= 15 is 0 Å². The van der Waals surface area contributed by atoms with E-state index in [4.69, 9.17) is 5.73 Å². The molecule has 1 aromatic rings. The number of hydrogen-bond donors (Lipinski definition) is 1. The van der Waals surface area contributed by atoms with E-state index in [0.717, 1.165) is 43.9 Å². The third kappa shape index (κ3) is 2.94. The lowest BCUT2D eigenvalue weighted by atomic mass is 10.0. The molecular formula is C13H23N5O. The van der Waals surface area contributed by atoms with Gasteiger partial charge in [-0.3, -0.25) is 4.79 Å². The van der Waals surface area contributed by atoms with Crippen molar-refractivity contribution < 1.29 is 4.79 Å². The number of aryl methyl sites for hydroxylation is 1. The Morgan fingerprint density at radius 2 is 2.32 bits per heavy atom. The minimum atomic E-state index is -0.0732. The Balaban J connectivity index is 2.00. The van der Waals surface area contributed by atoms with Gasteiger partial charge in [-0.25, -0.2) is 0 Å². The normalized spacial score (nSPS) is 15.3. The molecular weight excluding hydrogens is 242 g/mol. The monoisotopic (exact) mass is 265 g/mol. The molecule has 0 spiro atoms. The molecule has 0 radical (unpaired) electrons. The minimum absolute atomic E-state index is 0.0732. The van der Waals surface area contributed by atoms with Crippen LogP contribution < -0.4 is 5.73 Å². The van der Waals surface area contributed by atoms with E-state index in [2.05, 4.69) is 21.7 Å². The summed E-state index contributed by atoms with van der Waals surface area (Å²) in [6.45, 7) is 3.97. The Hall–Kier alpha value is -1.43. The second-order valence-electron chi connectivity index (χ2n) is 5.20.